The molecule has 2 aromatic rings. The third-order valence-electron chi connectivity index (χ3n) is 4.49. The normalized spacial score (nSPS) is 14.9. The number of hydrogen-bond acceptors (Lipinski definition) is 7. The van der Waals surface area contributed by atoms with Crippen molar-refractivity contribution in [2.45, 2.75) is 12.8 Å². The van der Waals surface area contributed by atoms with Crippen molar-refractivity contribution in [3.8, 4) is 17.0 Å². The maximum absolute atomic E-state index is 11.7. The van der Waals surface area contributed by atoms with Gasteiger partial charge in [-0.1, -0.05) is 0 Å². The van der Waals surface area contributed by atoms with E-state index in [0.717, 1.165) is 0 Å². The van der Waals surface area contributed by atoms with Gasteiger partial charge < -0.3 is 14.7 Å². The van der Waals surface area contributed by atoms with Gasteiger partial charge in [0.15, 0.2) is 5.69 Å². The summed E-state index contributed by atoms with van der Waals surface area (Å²) in [6, 6.07) is 6.82. The summed E-state index contributed by atoms with van der Waals surface area (Å²) in [4.78, 5) is 32.3. The smallest absolute Gasteiger partial charge is 0.337 e. The zero-order valence-corrected chi connectivity index (χ0v) is 14.2. The molecule has 1 aromatic carbocycles. The van der Waals surface area contributed by atoms with E-state index in [4.69, 9.17) is 9.84 Å². The summed E-state index contributed by atoms with van der Waals surface area (Å²) < 4.78 is 5.11. The lowest BCUT2D eigenvalue weighted by Gasteiger charge is -2.30. The third-order valence-corrected chi connectivity index (χ3v) is 4.49. The number of hydrogen-bond donors (Lipinski definition) is 1. The number of anilines is 1. The Morgan fingerprint density at radius 2 is 1.92 bits per heavy atom. The number of nitrogens with zero attached hydrogens (tertiary/aromatic N) is 4. The van der Waals surface area contributed by atoms with Gasteiger partial charge in [-0.2, -0.15) is 0 Å². The van der Waals surface area contributed by atoms with Gasteiger partial charge in [-0.3, -0.25) is 14.9 Å². The van der Waals surface area contributed by atoms with Crippen LogP contribution in [-0.4, -0.2) is 46.2 Å². The first-order chi connectivity index (χ1) is 12.5. The van der Waals surface area contributed by atoms with Crippen LogP contribution in [0.5, 0.6) is 5.75 Å². The van der Waals surface area contributed by atoms with Crippen LogP contribution in [-0.2, 0) is 4.79 Å². The summed E-state index contributed by atoms with van der Waals surface area (Å²) in [5.74, 6) is -0.393. The summed E-state index contributed by atoms with van der Waals surface area (Å²) >= 11 is 0. The number of carboxylic acid groups (broad SMARTS) is 1. The Balaban J connectivity index is 1.96. The molecule has 1 aliphatic heterocycles. The Bertz CT molecular complexity index is 816. The van der Waals surface area contributed by atoms with Gasteiger partial charge in [0.2, 0.25) is 5.82 Å². The number of piperidine rings is 1. The number of nitro groups is 1. The Morgan fingerprint density at radius 1 is 1.27 bits per heavy atom. The van der Waals surface area contributed by atoms with Crippen molar-refractivity contribution in [2.24, 2.45) is 5.92 Å². The highest BCUT2D eigenvalue weighted by Crippen LogP contribution is 2.36. The van der Waals surface area contributed by atoms with Crippen LogP contribution >= 0.6 is 0 Å². The monoisotopic (exact) mass is 358 g/mol. The van der Waals surface area contributed by atoms with E-state index in [9.17, 15) is 14.9 Å². The Morgan fingerprint density at radius 3 is 2.46 bits per heavy atom. The number of ether oxygens (including phenoxy) is 1. The molecule has 0 bridgehead atoms. The van der Waals surface area contributed by atoms with Gasteiger partial charge in [0.25, 0.3) is 0 Å². The Hall–Kier alpha value is -3.23. The number of aliphatic carboxylic acids is 1. The molecule has 1 N–H and O–H groups in total. The summed E-state index contributed by atoms with van der Waals surface area (Å²) in [7, 11) is 1.54. The number of aromatic nitrogens is 2. The molecule has 26 heavy (non-hydrogen) atoms. The first-order valence-electron chi connectivity index (χ1n) is 8.13. The van der Waals surface area contributed by atoms with Crippen LogP contribution in [0, 0.1) is 16.0 Å². The van der Waals surface area contributed by atoms with E-state index < -0.39 is 16.8 Å². The van der Waals surface area contributed by atoms with Gasteiger partial charge in [-0.05, 0) is 37.1 Å². The average Bonchev–Trinajstić information content (AvgIpc) is 2.67. The number of methoxy groups -OCH3 is 1. The lowest BCUT2D eigenvalue weighted by atomic mass is 9.97. The molecule has 3 rings (SSSR count). The molecule has 2 heterocycles. The fourth-order valence-corrected chi connectivity index (χ4v) is 3.07. The molecule has 1 aliphatic rings. The van der Waals surface area contributed by atoms with Crippen molar-refractivity contribution >= 4 is 17.5 Å². The molecular formula is C17H18N4O5. The van der Waals surface area contributed by atoms with E-state index in [1.807, 2.05) is 0 Å². The summed E-state index contributed by atoms with van der Waals surface area (Å²) in [5.41, 5.74) is 0.635. The molecule has 0 spiro atoms. The first kappa shape index (κ1) is 17.6. The van der Waals surface area contributed by atoms with E-state index in [2.05, 4.69) is 9.97 Å². The van der Waals surface area contributed by atoms with Gasteiger partial charge in [-0.15, -0.1) is 0 Å². The molecule has 1 fully saturated rings. The van der Waals surface area contributed by atoms with Crippen LogP contribution in [0.2, 0.25) is 0 Å². The Kier molecular flexibility index (Phi) is 4.97. The molecule has 9 nitrogen and oxygen atoms in total. The summed E-state index contributed by atoms with van der Waals surface area (Å²) in [6.07, 6.45) is 2.15. The highest BCUT2D eigenvalue weighted by atomic mass is 16.6. The van der Waals surface area contributed by atoms with Crippen LogP contribution < -0.4 is 9.64 Å². The minimum atomic E-state index is -0.833. The van der Waals surface area contributed by atoms with Gasteiger partial charge in [0, 0.05) is 18.7 Å². The maximum Gasteiger partial charge on any atom is 0.337 e. The number of carboxylic acids is 1. The molecule has 0 radical (unpaired) electrons. The quantitative estimate of drug-likeness (QED) is 0.639. The second-order valence-electron chi connectivity index (χ2n) is 5.98. The molecule has 0 unspecified atom stereocenters. The van der Waals surface area contributed by atoms with Gasteiger partial charge in [-0.25, -0.2) is 9.97 Å². The van der Waals surface area contributed by atoms with Gasteiger partial charge in [0.05, 0.1) is 18.0 Å². The predicted molar refractivity (Wildman–Crippen MR) is 93.2 cm³/mol. The minimum Gasteiger partial charge on any atom is -0.497 e. The molecular weight excluding hydrogens is 340 g/mol. The predicted octanol–water partition coefficient (Wildman–Crippen LogP) is 2.36. The van der Waals surface area contributed by atoms with Crippen molar-refractivity contribution in [1.29, 1.82) is 0 Å². The molecule has 0 atom stereocenters. The van der Waals surface area contributed by atoms with Crippen molar-refractivity contribution in [3.63, 3.8) is 0 Å². The fraction of sp³-hybridized carbons (Fsp3) is 0.353. The van der Waals surface area contributed by atoms with E-state index >= 15 is 0 Å². The Labute approximate surface area is 149 Å². The van der Waals surface area contributed by atoms with Gasteiger partial charge in [0.1, 0.15) is 12.1 Å². The molecule has 0 aliphatic carbocycles. The average molecular weight is 358 g/mol. The minimum absolute atomic E-state index is 0.175. The third kappa shape index (κ3) is 3.41. The molecule has 1 saturated heterocycles. The zero-order chi connectivity index (χ0) is 18.7. The number of benzene rings is 1. The van der Waals surface area contributed by atoms with Crippen LogP contribution in [0.25, 0.3) is 11.3 Å². The first-order valence-corrected chi connectivity index (χ1v) is 8.13. The number of rotatable bonds is 5. The van der Waals surface area contributed by atoms with E-state index in [1.54, 1.807) is 36.3 Å². The largest absolute Gasteiger partial charge is 0.497 e. The van der Waals surface area contributed by atoms with E-state index in [0.29, 0.717) is 37.2 Å². The van der Waals surface area contributed by atoms with Crippen LogP contribution in [0.4, 0.5) is 11.5 Å². The van der Waals surface area contributed by atoms with Crippen LogP contribution in [0.15, 0.2) is 30.6 Å². The molecule has 0 saturated carbocycles. The molecule has 1 aromatic heterocycles. The van der Waals surface area contributed by atoms with Crippen molar-refractivity contribution in [3.05, 3.63) is 40.7 Å². The summed E-state index contributed by atoms with van der Waals surface area (Å²) in [5, 5.41) is 20.8. The van der Waals surface area contributed by atoms with Gasteiger partial charge >= 0.3 is 11.7 Å². The standard InChI is InChI=1S/C17H18N4O5/c1-26-13-4-2-11(3-5-13)14-15(21(24)25)16(19-10-18-14)20-8-6-12(7-9-20)17(22)23/h2-5,10,12H,6-9H2,1H3,(H,22,23). The van der Waals surface area contributed by atoms with Crippen molar-refractivity contribution in [1.82, 2.24) is 9.97 Å². The second kappa shape index (κ2) is 7.34. The van der Waals surface area contributed by atoms with Crippen molar-refractivity contribution < 1.29 is 19.6 Å². The van der Waals surface area contributed by atoms with Crippen LogP contribution in [0.1, 0.15) is 12.8 Å². The molecule has 9 heteroatoms. The van der Waals surface area contributed by atoms with E-state index in [-0.39, 0.29) is 17.2 Å². The fourth-order valence-electron chi connectivity index (χ4n) is 3.07. The maximum atomic E-state index is 11.7. The second-order valence-corrected chi connectivity index (χ2v) is 5.98. The summed E-state index contributed by atoms with van der Waals surface area (Å²) in [6.45, 7) is 0.799. The zero-order valence-electron chi connectivity index (χ0n) is 14.2. The number of carbonyl (C=O) groups is 1. The highest BCUT2D eigenvalue weighted by Gasteiger charge is 2.31. The lowest BCUT2D eigenvalue weighted by molar-refractivity contribution is -0.383. The van der Waals surface area contributed by atoms with E-state index in [1.165, 1.54) is 6.33 Å². The molecule has 0 amide bonds. The highest BCUT2D eigenvalue weighted by molar-refractivity contribution is 5.78. The molecule has 136 valence electrons. The van der Waals surface area contributed by atoms with Crippen LogP contribution in [0.3, 0.4) is 0 Å². The van der Waals surface area contributed by atoms with Crippen molar-refractivity contribution in [2.75, 3.05) is 25.1 Å². The SMILES string of the molecule is COc1ccc(-c2ncnc(N3CCC(C(=O)O)CC3)c2[N+](=O)[O-])cc1. The lowest BCUT2D eigenvalue weighted by Crippen LogP contribution is -2.37. The topological polar surface area (TPSA) is 119 Å².